The lowest BCUT2D eigenvalue weighted by Crippen LogP contribution is -2.29. The lowest BCUT2D eigenvalue weighted by molar-refractivity contribution is 0.0605. The van der Waals surface area contributed by atoms with Crippen LogP contribution in [0.3, 0.4) is 0 Å². The zero-order valence-corrected chi connectivity index (χ0v) is 20.2. The maximum Gasteiger partial charge on any atom is 0.350 e. The number of hydrogen-bond acceptors (Lipinski definition) is 8. The van der Waals surface area contributed by atoms with Gasteiger partial charge in [-0.25, -0.2) is 9.78 Å². The van der Waals surface area contributed by atoms with Gasteiger partial charge in [0.25, 0.3) is 5.91 Å². The molecule has 2 aromatic carbocycles. The summed E-state index contributed by atoms with van der Waals surface area (Å²) in [4.78, 5) is 45.7. The van der Waals surface area contributed by atoms with Crippen LogP contribution >= 0.6 is 11.3 Å². The number of aryl methyl sites for hydroxylation is 1. The van der Waals surface area contributed by atoms with Crippen molar-refractivity contribution in [2.24, 2.45) is 0 Å². The first-order chi connectivity index (χ1) is 16.9. The van der Waals surface area contributed by atoms with Crippen LogP contribution in [0, 0.1) is 6.92 Å². The topological polar surface area (TPSA) is 98.9 Å². The molecule has 1 unspecified atom stereocenters. The Labute approximate surface area is 204 Å². The molecule has 178 valence electrons. The molecule has 0 radical (unpaired) electrons. The van der Waals surface area contributed by atoms with Gasteiger partial charge in [-0.05, 0) is 43.2 Å². The number of nitrogens with zero attached hydrogens (tertiary/aromatic N) is 2. The predicted molar refractivity (Wildman–Crippen MR) is 132 cm³/mol. The monoisotopic (exact) mass is 490 g/mol. The fraction of sp³-hybridized carbons (Fsp3) is 0.231. The van der Waals surface area contributed by atoms with Crippen LogP contribution in [0.25, 0.3) is 11.0 Å². The van der Waals surface area contributed by atoms with E-state index >= 15 is 0 Å². The lowest BCUT2D eigenvalue weighted by Gasteiger charge is -2.22. The number of ether oxygens (including phenoxy) is 2. The second-order valence-corrected chi connectivity index (χ2v) is 9.05. The molecule has 0 fully saturated rings. The molecular formula is C26H22N2O6S. The fourth-order valence-electron chi connectivity index (χ4n) is 4.17. The van der Waals surface area contributed by atoms with Gasteiger partial charge in [-0.2, -0.15) is 0 Å². The van der Waals surface area contributed by atoms with E-state index < -0.39 is 17.9 Å². The number of carbonyl (C=O) groups is 2. The molecule has 0 aliphatic carbocycles. The van der Waals surface area contributed by atoms with Gasteiger partial charge in [0.1, 0.15) is 16.2 Å². The van der Waals surface area contributed by atoms with E-state index in [0.717, 1.165) is 17.8 Å². The van der Waals surface area contributed by atoms with Crippen LogP contribution in [0.4, 0.5) is 5.13 Å². The molecule has 0 saturated carbocycles. The summed E-state index contributed by atoms with van der Waals surface area (Å²) in [6, 6.07) is 13.3. The van der Waals surface area contributed by atoms with Crippen molar-refractivity contribution >= 4 is 39.3 Å². The van der Waals surface area contributed by atoms with Gasteiger partial charge in [-0.3, -0.25) is 14.5 Å². The van der Waals surface area contributed by atoms with Crippen LogP contribution in [0.5, 0.6) is 5.75 Å². The summed E-state index contributed by atoms with van der Waals surface area (Å²) in [5.74, 6) is -0.374. The van der Waals surface area contributed by atoms with Gasteiger partial charge >= 0.3 is 5.97 Å². The molecule has 9 heteroatoms. The van der Waals surface area contributed by atoms with Gasteiger partial charge in [-0.1, -0.05) is 42.5 Å². The zero-order valence-electron chi connectivity index (χ0n) is 19.4. The highest BCUT2D eigenvalue weighted by molar-refractivity contribution is 7.17. The van der Waals surface area contributed by atoms with Crippen molar-refractivity contribution in [3.8, 4) is 5.75 Å². The van der Waals surface area contributed by atoms with E-state index in [1.165, 1.54) is 12.0 Å². The Hall–Kier alpha value is -3.98. The molecule has 1 atom stereocenters. The van der Waals surface area contributed by atoms with Crippen LogP contribution in [0.1, 0.15) is 56.4 Å². The van der Waals surface area contributed by atoms with E-state index in [1.807, 2.05) is 19.1 Å². The standard InChI is InChI=1S/C26H22N2O6S/c1-4-13-33-16-11-9-15(10-12-16)20-19-21(29)17-7-5-6-8-18(17)34-22(19)24(30)28(20)26-27-14(2)23(35-26)25(31)32-3/h5-12,20H,4,13H2,1-3H3. The Morgan fingerprint density at radius 1 is 1.14 bits per heavy atom. The average molecular weight is 491 g/mol. The Balaban J connectivity index is 1.70. The van der Waals surface area contributed by atoms with Crippen LogP contribution in [0.15, 0.2) is 57.7 Å². The Kier molecular flexibility index (Phi) is 5.86. The zero-order chi connectivity index (χ0) is 24.7. The second kappa shape index (κ2) is 8.99. The predicted octanol–water partition coefficient (Wildman–Crippen LogP) is 4.88. The number of para-hydroxylation sites is 1. The molecule has 2 aromatic heterocycles. The van der Waals surface area contributed by atoms with Gasteiger partial charge in [0.05, 0.1) is 36.4 Å². The molecule has 1 aliphatic rings. The Morgan fingerprint density at radius 2 is 1.89 bits per heavy atom. The lowest BCUT2D eigenvalue weighted by atomic mass is 9.98. The highest BCUT2D eigenvalue weighted by Gasteiger charge is 2.45. The van der Waals surface area contributed by atoms with Crippen molar-refractivity contribution in [1.82, 2.24) is 4.98 Å². The molecule has 8 nitrogen and oxygen atoms in total. The first-order valence-corrected chi connectivity index (χ1v) is 11.9. The van der Waals surface area contributed by atoms with Crippen molar-refractivity contribution in [2.45, 2.75) is 26.3 Å². The molecule has 1 aliphatic heterocycles. The first kappa shape index (κ1) is 22.8. The summed E-state index contributed by atoms with van der Waals surface area (Å²) in [5.41, 5.74) is 1.42. The largest absolute Gasteiger partial charge is 0.494 e. The van der Waals surface area contributed by atoms with E-state index in [1.54, 1.807) is 43.3 Å². The number of fused-ring (bicyclic) bond motifs is 2. The highest BCUT2D eigenvalue weighted by atomic mass is 32.1. The SMILES string of the molecule is CCCOc1ccc(C2c3c(oc4ccccc4c3=O)C(=O)N2c2nc(C)c(C(=O)OC)s2)cc1. The third-order valence-electron chi connectivity index (χ3n) is 5.81. The number of anilines is 1. The van der Waals surface area contributed by atoms with Crippen molar-refractivity contribution < 1.29 is 23.5 Å². The normalized spacial score (nSPS) is 14.9. The third kappa shape index (κ3) is 3.77. The van der Waals surface area contributed by atoms with Crippen LogP contribution in [0.2, 0.25) is 0 Å². The molecular weight excluding hydrogens is 468 g/mol. The minimum Gasteiger partial charge on any atom is -0.494 e. The van der Waals surface area contributed by atoms with Crippen molar-refractivity contribution in [3.05, 3.63) is 86.2 Å². The first-order valence-electron chi connectivity index (χ1n) is 11.1. The summed E-state index contributed by atoms with van der Waals surface area (Å²) in [5, 5.41) is 0.665. The molecule has 0 saturated heterocycles. The molecule has 0 bridgehead atoms. The number of benzene rings is 2. The van der Waals surface area contributed by atoms with Gasteiger partial charge in [0, 0.05) is 0 Å². The molecule has 1 amide bonds. The quantitative estimate of drug-likeness (QED) is 0.355. The van der Waals surface area contributed by atoms with E-state index in [9.17, 15) is 14.4 Å². The average Bonchev–Trinajstić information content (AvgIpc) is 3.40. The number of hydrogen-bond donors (Lipinski definition) is 0. The minimum absolute atomic E-state index is 0.0301. The second-order valence-electron chi connectivity index (χ2n) is 8.07. The van der Waals surface area contributed by atoms with Crippen LogP contribution in [-0.2, 0) is 4.74 Å². The maximum atomic E-state index is 13.7. The van der Waals surface area contributed by atoms with Gasteiger partial charge in [0.2, 0.25) is 5.76 Å². The number of carbonyl (C=O) groups excluding carboxylic acids is 2. The van der Waals surface area contributed by atoms with Gasteiger partial charge < -0.3 is 13.9 Å². The van der Waals surface area contributed by atoms with Crippen molar-refractivity contribution in [1.29, 1.82) is 0 Å². The summed E-state index contributed by atoms with van der Waals surface area (Å²) in [6.07, 6.45) is 0.875. The third-order valence-corrected chi connectivity index (χ3v) is 6.95. The van der Waals surface area contributed by atoms with Crippen molar-refractivity contribution in [3.63, 3.8) is 0 Å². The molecule has 0 N–H and O–H groups in total. The van der Waals surface area contributed by atoms with E-state index in [0.29, 0.717) is 34.6 Å². The van der Waals surface area contributed by atoms with Gasteiger partial charge in [-0.15, -0.1) is 0 Å². The van der Waals surface area contributed by atoms with Crippen LogP contribution < -0.4 is 15.1 Å². The number of esters is 1. The molecule has 5 rings (SSSR count). The van der Waals surface area contributed by atoms with Gasteiger partial charge in [0.15, 0.2) is 10.6 Å². The number of aromatic nitrogens is 1. The van der Waals surface area contributed by atoms with Crippen molar-refractivity contribution in [2.75, 3.05) is 18.6 Å². The molecule has 35 heavy (non-hydrogen) atoms. The smallest absolute Gasteiger partial charge is 0.350 e. The van der Waals surface area contributed by atoms with E-state index in [2.05, 4.69) is 4.98 Å². The Morgan fingerprint density at radius 3 is 2.60 bits per heavy atom. The number of amides is 1. The number of methoxy groups -OCH3 is 1. The molecule has 3 heterocycles. The minimum atomic E-state index is -0.783. The fourth-order valence-corrected chi connectivity index (χ4v) is 5.18. The van der Waals surface area contributed by atoms with E-state index in [-0.39, 0.29) is 26.8 Å². The summed E-state index contributed by atoms with van der Waals surface area (Å²) in [7, 11) is 1.29. The Bertz CT molecular complexity index is 1500. The highest BCUT2D eigenvalue weighted by Crippen LogP contribution is 2.43. The molecule has 4 aromatic rings. The number of rotatable bonds is 6. The summed E-state index contributed by atoms with van der Waals surface area (Å²) in [6.45, 7) is 4.28. The summed E-state index contributed by atoms with van der Waals surface area (Å²) < 4.78 is 16.5. The van der Waals surface area contributed by atoms with Crippen LogP contribution in [-0.4, -0.2) is 30.6 Å². The van der Waals surface area contributed by atoms with E-state index in [4.69, 9.17) is 13.9 Å². The number of thiazole rings is 1. The molecule has 0 spiro atoms. The summed E-state index contributed by atoms with van der Waals surface area (Å²) >= 11 is 1.04. The maximum absolute atomic E-state index is 13.7.